The predicted octanol–water partition coefficient (Wildman–Crippen LogP) is 2.24. The van der Waals surface area contributed by atoms with Gasteiger partial charge < -0.3 is 5.11 Å². The summed E-state index contributed by atoms with van der Waals surface area (Å²) in [6.45, 7) is 1.56. The molecule has 1 atom stereocenters. The van der Waals surface area contributed by atoms with E-state index in [0.29, 0.717) is 10.6 Å². The average molecular weight is 259 g/mol. The van der Waals surface area contributed by atoms with E-state index in [1.807, 2.05) is 0 Å². The molecule has 2 rings (SSSR count). The Morgan fingerprint density at radius 3 is 2.75 bits per heavy atom. The molecule has 0 radical (unpaired) electrons. The van der Waals surface area contributed by atoms with Gasteiger partial charge in [-0.1, -0.05) is 11.6 Å². The number of hydrogen-bond acceptors (Lipinski definition) is 3. The minimum atomic E-state index is -3.42. The van der Waals surface area contributed by atoms with Gasteiger partial charge in [0.15, 0.2) is 0 Å². The molecule has 0 fully saturated rings. The summed E-state index contributed by atoms with van der Waals surface area (Å²) in [7, 11) is -3.42. The van der Waals surface area contributed by atoms with Gasteiger partial charge in [-0.2, -0.15) is 0 Å². The summed E-state index contributed by atoms with van der Waals surface area (Å²) in [5.41, 5.74) is 0.600. The summed E-state index contributed by atoms with van der Waals surface area (Å²) in [5.74, 6) is 0. The maximum atomic E-state index is 12.0. The average Bonchev–Trinajstić information content (AvgIpc) is 2.37. The molecule has 0 saturated heterocycles. The Hall–Kier alpha value is -0.840. The molecule has 0 saturated carbocycles. The van der Waals surface area contributed by atoms with Crippen molar-refractivity contribution in [2.24, 2.45) is 0 Å². The van der Waals surface area contributed by atoms with Crippen LogP contribution >= 0.6 is 11.6 Å². The van der Waals surface area contributed by atoms with Crippen molar-refractivity contribution >= 4 is 27.5 Å². The summed E-state index contributed by atoms with van der Waals surface area (Å²) < 4.78 is 24.0. The first-order valence-electron chi connectivity index (χ1n) is 4.84. The molecule has 0 aliphatic carbocycles. The topological polar surface area (TPSA) is 54.4 Å². The van der Waals surface area contributed by atoms with Gasteiger partial charge in [0.25, 0.3) is 0 Å². The van der Waals surface area contributed by atoms with E-state index in [0.717, 1.165) is 0 Å². The van der Waals surface area contributed by atoms with Crippen LogP contribution in [-0.4, -0.2) is 19.6 Å². The normalized spacial score (nSPS) is 19.1. The molecule has 1 aliphatic heterocycles. The number of aliphatic hydroxyl groups is 1. The summed E-state index contributed by atoms with van der Waals surface area (Å²) in [6, 6.07) is 4.67. The SMILES string of the molecule is CC(O)CC1=Cc2cc(Cl)ccc2S1(=O)=O. The molecule has 86 valence electrons. The molecule has 1 aromatic carbocycles. The van der Waals surface area contributed by atoms with Crippen LogP contribution in [0.25, 0.3) is 6.08 Å². The fourth-order valence-corrected chi connectivity index (χ4v) is 3.61. The van der Waals surface area contributed by atoms with E-state index in [2.05, 4.69) is 0 Å². The lowest BCUT2D eigenvalue weighted by atomic mass is 10.2. The van der Waals surface area contributed by atoms with Crippen LogP contribution in [0, 0.1) is 0 Å². The lowest BCUT2D eigenvalue weighted by Crippen LogP contribution is -2.07. The van der Waals surface area contributed by atoms with E-state index in [1.165, 1.54) is 6.07 Å². The van der Waals surface area contributed by atoms with Crippen molar-refractivity contribution in [3.8, 4) is 0 Å². The van der Waals surface area contributed by atoms with E-state index >= 15 is 0 Å². The molecule has 0 bridgehead atoms. The number of rotatable bonds is 2. The van der Waals surface area contributed by atoms with Crippen molar-refractivity contribution in [1.82, 2.24) is 0 Å². The predicted molar refractivity (Wildman–Crippen MR) is 62.9 cm³/mol. The van der Waals surface area contributed by atoms with Crippen molar-refractivity contribution in [2.75, 3.05) is 0 Å². The second kappa shape index (κ2) is 3.87. The van der Waals surface area contributed by atoms with Crippen LogP contribution in [0.4, 0.5) is 0 Å². The summed E-state index contributed by atoms with van der Waals surface area (Å²) in [6.07, 6.45) is 1.03. The number of fused-ring (bicyclic) bond motifs is 1. The molecule has 1 heterocycles. The first-order valence-corrected chi connectivity index (χ1v) is 6.70. The Bertz CT molecular complexity index is 559. The van der Waals surface area contributed by atoms with Crippen molar-refractivity contribution in [2.45, 2.75) is 24.3 Å². The van der Waals surface area contributed by atoms with Gasteiger partial charge >= 0.3 is 0 Å². The van der Waals surface area contributed by atoms with Gasteiger partial charge in [-0.15, -0.1) is 0 Å². The van der Waals surface area contributed by atoms with Crippen LogP contribution in [0.1, 0.15) is 18.9 Å². The smallest absolute Gasteiger partial charge is 0.203 e. The maximum Gasteiger partial charge on any atom is 0.203 e. The van der Waals surface area contributed by atoms with Gasteiger partial charge in [-0.05, 0) is 36.8 Å². The highest BCUT2D eigenvalue weighted by Crippen LogP contribution is 2.36. The van der Waals surface area contributed by atoms with Gasteiger partial charge in [-0.25, -0.2) is 8.42 Å². The molecule has 3 nitrogen and oxygen atoms in total. The highest BCUT2D eigenvalue weighted by molar-refractivity contribution is 7.95. The molecular formula is C11H11ClO3S. The fraction of sp³-hybridized carbons (Fsp3) is 0.273. The third-order valence-electron chi connectivity index (χ3n) is 2.42. The Labute approximate surface area is 99.3 Å². The van der Waals surface area contributed by atoms with E-state index in [9.17, 15) is 13.5 Å². The van der Waals surface area contributed by atoms with Crippen LogP contribution in [0.5, 0.6) is 0 Å². The Balaban J connectivity index is 2.52. The van der Waals surface area contributed by atoms with Crippen LogP contribution in [0.2, 0.25) is 5.02 Å². The third kappa shape index (κ3) is 1.88. The van der Waals surface area contributed by atoms with Crippen molar-refractivity contribution in [1.29, 1.82) is 0 Å². The zero-order valence-corrected chi connectivity index (χ0v) is 10.2. The third-order valence-corrected chi connectivity index (χ3v) is 4.58. The number of hydrogen-bond donors (Lipinski definition) is 1. The minimum Gasteiger partial charge on any atom is -0.393 e. The second-order valence-electron chi connectivity index (χ2n) is 3.85. The Morgan fingerprint density at radius 2 is 2.12 bits per heavy atom. The summed E-state index contributed by atoms with van der Waals surface area (Å²) in [4.78, 5) is 0.521. The van der Waals surface area contributed by atoms with Gasteiger partial charge in [0, 0.05) is 11.4 Å². The number of benzene rings is 1. The van der Waals surface area contributed by atoms with Gasteiger partial charge in [0.2, 0.25) is 9.84 Å². The number of halogens is 1. The zero-order chi connectivity index (χ0) is 11.9. The molecule has 1 aliphatic rings. The standard InChI is InChI=1S/C11H11ClO3S/c1-7(13)4-10-6-8-5-9(12)2-3-11(8)16(10,14)15/h2-3,5-7,13H,4H2,1H3. The van der Waals surface area contributed by atoms with Crippen LogP contribution in [-0.2, 0) is 9.84 Å². The molecule has 0 aromatic heterocycles. The highest BCUT2D eigenvalue weighted by Gasteiger charge is 2.29. The Morgan fingerprint density at radius 1 is 1.44 bits per heavy atom. The second-order valence-corrected chi connectivity index (χ2v) is 6.26. The molecule has 5 heteroatoms. The van der Waals surface area contributed by atoms with Crippen LogP contribution in [0.15, 0.2) is 28.0 Å². The molecular weight excluding hydrogens is 248 g/mol. The van der Waals surface area contributed by atoms with Crippen molar-refractivity contribution in [3.05, 3.63) is 33.7 Å². The maximum absolute atomic E-state index is 12.0. The molecule has 0 spiro atoms. The fourth-order valence-electron chi connectivity index (χ4n) is 1.73. The van der Waals surface area contributed by atoms with Crippen molar-refractivity contribution < 1.29 is 13.5 Å². The molecule has 1 aromatic rings. The molecule has 1 N–H and O–H groups in total. The van der Waals surface area contributed by atoms with E-state index < -0.39 is 15.9 Å². The summed E-state index contributed by atoms with van der Waals surface area (Å²) >= 11 is 5.80. The first kappa shape index (κ1) is 11.6. The largest absolute Gasteiger partial charge is 0.393 e. The van der Waals surface area contributed by atoms with Gasteiger partial charge in [0.05, 0.1) is 15.9 Å². The van der Waals surface area contributed by atoms with Crippen LogP contribution < -0.4 is 0 Å². The van der Waals surface area contributed by atoms with Gasteiger partial charge in [0.1, 0.15) is 0 Å². The van der Waals surface area contributed by atoms with Gasteiger partial charge in [-0.3, -0.25) is 0 Å². The molecule has 16 heavy (non-hydrogen) atoms. The first-order chi connectivity index (χ1) is 7.41. The lowest BCUT2D eigenvalue weighted by Gasteiger charge is -2.05. The van der Waals surface area contributed by atoms with Crippen molar-refractivity contribution in [3.63, 3.8) is 0 Å². The molecule has 1 unspecified atom stereocenters. The Kier molecular flexibility index (Phi) is 2.82. The minimum absolute atomic E-state index is 0.134. The number of aliphatic hydroxyl groups excluding tert-OH is 1. The van der Waals surface area contributed by atoms with E-state index in [1.54, 1.807) is 25.1 Å². The monoisotopic (exact) mass is 258 g/mol. The lowest BCUT2D eigenvalue weighted by molar-refractivity contribution is 0.197. The highest BCUT2D eigenvalue weighted by atomic mass is 35.5. The quantitative estimate of drug-likeness (QED) is 0.885. The zero-order valence-electron chi connectivity index (χ0n) is 8.64. The number of sulfone groups is 1. The summed E-state index contributed by atoms with van der Waals surface area (Å²) in [5, 5.41) is 9.75. The van der Waals surface area contributed by atoms with E-state index in [-0.39, 0.29) is 16.2 Å². The molecule has 0 amide bonds. The van der Waals surface area contributed by atoms with Crippen LogP contribution in [0.3, 0.4) is 0 Å². The van der Waals surface area contributed by atoms with E-state index in [4.69, 9.17) is 11.6 Å².